The number of carbonyl (C=O) groups excluding carboxylic acids is 1. The van der Waals surface area contributed by atoms with Crippen molar-refractivity contribution < 1.29 is 14.7 Å². The molecule has 0 bridgehead atoms. The molecule has 1 saturated heterocycles. The van der Waals surface area contributed by atoms with Crippen LogP contribution in [0.4, 0.5) is 0 Å². The molecule has 0 unspecified atom stereocenters. The van der Waals surface area contributed by atoms with Gasteiger partial charge in [0.15, 0.2) is 0 Å². The first-order chi connectivity index (χ1) is 9.16. The van der Waals surface area contributed by atoms with Crippen molar-refractivity contribution in [2.75, 3.05) is 13.1 Å². The molecule has 0 saturated carbocycles. The highest BCUT2D eigenvalue weighted by Crippen LogP contribution is 2.25. The second kappa shape index (κ2) is 4.66. The molecule has 2 aliphatic heterocycles. The van der Waals surface area contributed by atoms with Gasteiger partial charge in [-0.1, -0.05) is 24.3 Å². The zero-order valence-electron chi connectivity index (χ0n) is 10.5. The van der Waals surface area contributed by atoms with E-state index in [0.717, 1.165) is 11.1 Å². The molecule has 3 rings (SSSR count). The van der Waals surface area contributed by atoms with Gasteiger partial charge in [-0.2, -0.15) is 0 Å². The smallest absolute Gasteiger partial charge is 0.326 e. The summed E-state index contributed by atoms with van der Waals surface area (Å²) in [5, 5.41) is 12.4. The maximum Gasteiger partial charge on any atom is 0.326 e. The van der Waals surface area contributed by atoms with Crippen LogP contribution in [0.1, 0.15) is 11.1 Å². The molecule has 1 amide bonds. The zero-order valence-corrected chi connectivity index (χ0v) is 10.5. The largest absolute Gasteiger partial charge is 0.480 e. The number of hydrogen-bond donors (Lipinski definition) is 2. The van der Waals surface area contributed by atoms with E-state index in [0.29, 0.717) is 26.1 Å². The number of rotatable bonds is 2. The Labute approximate surface area is 111 Å². The first-order valence-corrected chi connectivity index (χ1v) is 6.47. The number of nitrogens with zero attached hydrogens (tertiary/aromatic N) is 1. The van der Waals surface area contributed by atoms with Crippen molar-refractivity contribution in [1.29, 1.82) is 0 Å². The maximum absolute atomic E-state index is 12.3. The number of carboxylic acid groups (broad SMARTS) is 1. The molecule has 0 aliphatic carbocycles. The summed E-state index contributed by atoms with van der Waals surface area (Å²) >= 11 is 0. The van der Waals surface area contributed by atoms with Gasteiger partial charge in [0, 0.05) is 26.1 Å². The third-order valence-corrected chi connectivity index (χ3v) is 3.95. The highest BCUT2D eigenvalue weighted by Gasteiger charge is 2.38. The highest BCUT2D eigenvalue weighted by atomic mass is 16.4. The number of nitrogens with one attached hydrogen (secondary N) is 1. The molecule has 2 aliphatic rings. The van der Waals surface area contributed by atoms with Crippen molar-refractivity contribution >= 4 is 11.9 Å². The fourth-order valence-electron chi connectivity index (χ4n) is 2.67. The van der Waals surface area contributed by atoms with Crippen LogP contribution in [0.2, 0.25) is 0 Å². The van der Waals surface area contributed by atoms with E-state index in [1.165, 1.54) is 4.90 Å². The lowest BCUT2D eigenvalue weighted by atomic mass is 9.91. The quantitative estimate of drug-likeness (QED) is 0.799. The van der Waals surface area contributed by atoms with E-state index >= 15 is 0 Å². The maximum atomic E-state index is 12.3. The van der Waals surface area contributed by atoms with Crippen LogP contribution in [0, 0.1) is 5.92 Å². The highest BCUT2D eigenvalue weighted by molar-refractivity contribution is 5.86. The summed E-state index contributed by atoms with van der Waals surface area (Å²) in [7, 11) is 0. The molecular weight excluding hydrogens is 244 g/mol. The monoisotopic (exact) mass is 260 g/mol. The van der Waals surface area contributed by atoms with Gasteiger partial charge >= 0.3 is 5.97 Å². The standard InChI is InChI=1S/C14H16N2O3/c17-13(11-6-15-7-11)16-8-10-4-2-1-3-9(10)5-12(16)14(18)19/h1-4,11-12,15H,5-8H2,(H,18,19)/t12-/m0/s1. The van der Waals surface area contributed by atoms with Crippen molar-refractivity contribution in [1.82, 2.24) is 10.2 Å². The van der Waals surface area contributed by atoms with Crippen molar-refractivity contribution in [3.05, 3.63) is 35.4 Å². The summed E-state index contributed by atoms with van der Waals surface area (Å²) in [4.78, 5) is 25.3. The van der Waals surface area contributed by atoms with E-state index < -0.39 is 12.0 Å². The molecule has 19 heavy (non-hydrogen) atoms. The summed E-state index contributed by atoms with van der Waals surface area (Å²) < 4.78 is 0. The normalized spacial score (nSPS) is 22.5. The number of aliphatic carboxylic acids is 1. The number of fused-ring (bicyclic) bond motifs is 1. The molecule has 0 radical (unpaired) electrons. The molecule has 5 nitrogen and oxygen atoms in total. The lowest BCUT2D eigenvalue weighted by molar-refractivity contribution is -0.154. The van der Waals surface area contributed by atoms with Crippen LogP contribution in [0.25, 0.3) is 0 Å². The van der Waals surface area contributed by atoms with Crippen molar-refractivity contribution in [3.8, 4) is 0 Å². The van der Waals surface area contributed by atoms with Gasteiger partial charge in [0.05, 0.1) is 5.92 Å². The summed E-state index contributed by atoms with van der Waals surface area (Å²) in [5.41, 5.74) is 2.09. The minimum absolute atomic E-state index is 0.0411. The van der Waals surface area contributed by atoms with Gasteiger partial charge in [-0.05, 0) is 11.1 Å². The van der Waals surface area contributed by atoms with Gasteiger partial charge < -0.3 is 15.3 Å². The molecule has 0 spiro atoms. The lowest BCUT2D eigenvalue weighted by Gasteiger charge is -2.38. The fourth-order valence-corrected chi connectivity index (χ4v) is 2.67. The minimum Gasteiger partial charge on any atom is -0.480 e. The predicted molar refractivity (Wildman–Crippen MR) is 68.5 cm³/mol. The third-order valence-electron chi connectivity index (χ3n) is 3.95. The Hall–Kier alpha value is -1.88. The average molecular weight is 260 g/mol. The Morgan fingerprint density at radius 2 is 1.89 bits per heavy atom. The van der Waals surface area contributed by atoms with E-state index in [-0.39, 0.29) is 11.8 Å². The van der Waals surface area contributed by atoms with Crippen molar-refractivity contribution in [2.24, 2.45) is 5.92 Å². The van der Waals surface area contributed by atoms with Crippen molar-refractivity contribution in [2.45, 2.75) is 19.0 Å². The van der Waals surface area contributed by atoms with Crippen LogP contribution < -0.4 is 5.32 Å². The van der Waals surface area contributed by atoms with Gasteiger partial charge in [-0.15, -0.1) is 0 Å². The van der Waals surface area contributed by atoms with Gasteiger partial charge in [0.2, 0.25) is 5.91 Å². The van der Waals surface area contributed by atoms with Gasteiger partial charge in [-0.3, -0.25) is 4.79 Å². The van der Waals surface area contributed by atoms with E-state index in [9.17, 15) is 14.7 Å². The number of carbonyl (C=O) groups is 2. The Balaban J connectivity index is 1.89. The molecule has 2 heterocycles. The molecule has 1 aromatic carbocycles. The lowest BCUT2D eigenvalue weighted by Crippen LogP contribution is -2.57. The fraction of sp³-hybridized carbons (Fsp3) is 0.429. The SMILES string of the molecule is O=C(O)[C@@H]1Cc2ccccc2CN1C(=O)C1CNC1. The van der Waals surface area contributed by atoms with E-state index in [1.54, 1.807) is 0 Å². The molecule has 2 N–H and O–H groups in total. The Morgan fingerprint density at radius 1 is 1.21 bits per heavy atom. The van der Waals surface area contributed by atoms with Crippen molar-refractivity contribution in [3.63, 3.8) is 0 Å². The number of carboxylic acids is 1. The summed E-state index contributed by atoms with van der Waals surface area (Å²) in [6, 6.07) is 7.01. The Morgan fingerprint density at radius 3 is 2.47 bits per heavy atom. The number of benzene rings is 1. The first kappa shape index (κ1) is 12.2. The van der Waals surface area contributed by atoms with Crippen LogP contribution in [-0.2, 0) is 22.6 Å². The second-order valence-corrected chi connectivity index (χ2v) is 5.15. The number of amides is 1. The minimum atomic E-state index is -0.921. The molecule has 0 aromatic heterocycles. The molecule has 1 fully saturated rings. The third kappa shape index (κ3) is 2.10. The molecule has 1 aromatic rings. The van der Waals surface area contributed by atoms with Gasteiger partial charge in [0.1, 0.15) is 6.04 Å². The summed E-state index contributed by atoms with van der Waals surface area (Å²) in [6.45, 7) is 1.72. The molecule has 100 valence electrons. The van der Waals surface area contributed by atoms with E-state index in [1.807, 2.05) is 24.3 Å². The molecule has 1 atom stereocenters. The van der Waals surface area contributed by atoms with Crippen LogP contribution >= 0.6 is 0 Å². The zero-order chi connectivity index (χ0) is 13.4. The molecule has 5 heteroatoms. The first-order valence-electron chi connectivity index (χ1n) is 6.47. The van der Waals surface area contributed by atoms with Crippen LogP contribution in [0.15, 0.2) is 24.3 Å². The molecular formula is C14H16N2O3. The van der Waals surface area contributed by atoms with E-state index in [4.69, 9.17) is 0 Å². The van der Waals surface area contributed by atoms with Gasteiger partial charge in [-0.25, -0.2) is 4.79 Å². The number of hydrogen-bond acceptors (Lipinski definition) is 3. The second-order valence-electron chi connectivity index (χ2n) is 5.15. The van der Waals surface area contributed by atoms with Crippen LogP contribution in [0.3, 0.4) is 0 Å². The Bertz CT molecular complexity index is 525. The van der Waals surface area contributed by atoms with Crippen LogP contribution in [-0.4, -0.2) is 41.0 Å². The van der Waals surface area contributed by atoms with Crippen LogP contribution in [0.5, 0.6) is 0 Å². The van der Waals surface area contributed by atoms with Gasteiger partial charge in [0.25, 0.3) is 0 Å². The summed E-state index contributed by atoms with van der Waals surface area (Å²) in [5.74, 6) is -1.03. The Kier molecular flexibility index (Phi) is 2.98. The predicted octanol–water partition coefficient (Wildman–Crippen LogP) is 0.244. The summed E-state index contributed by atoms with van der Waals surface area (Å²) in [6.07, 6.45) is 0.400. The van der Waals surface area contributed by atoms with E-state index in [2.05, 4.69) is 5.32 Å². The average Bonchev–Trinajstić information content (AvgIpc) is 2.35. The topological polar surface area (TPSA) is 69.6 Å².